The fourth-order valence-corrected chi connectivity index (χ4v) is 0.639. The van der Waals surface area contributed by atoms with Crippen LogP contribution in [0.15, 0.2) is 10.9 Å². The molecule has 0 unspecified atom stereocenters. The van der Waals surface area contributed by atoms with Crippen molar-refractivity contribution < 1.29 is 0 Å². The Morgan fingerprint density at radius 3 is 2.90 bits per heavy atom. The summed E-state index contributed by atoms with van der Waals surface area (Å²) in [4.78, 5) is 16.4. The molecule has 0 atom stereocenters. The molecule has 0 saturated heterocycles. The van der Waals surface area contributed by atoms with Crippen LogP contribution in [0.25, 0.3) is 0 Å². The molecular formula is C5H8N4O. The van der Waals surface area contributed by atoms with E-state index in [0.29, 0.717) is 5.69 Å². The van der Waals surface area contributed by atoms with E-state index in [1.165, 1.54) is 6.07 Å². The van der Waals surface area contributed by atoms with Gasteiger partial charge in [0.1, 0.15) is 5.82 Å². The molecule has 0 aliphatic heterocycles. The summed E-state index contributed by atoms with van der Waals surface area (Å²) in [7, 11) is 0. The van der Waals surface area contributed by atoms with E-state index in [1.54, 1.807) is 0 Å². The fourth-order valence-electron chi connectivity index (χ4n) is 0.639. The van der Waals surface area contributed by atoms with Gasteiger partial charge in [-0.1, -0.05) is 0 Å². The molecule has 0 amide bonds. The average molecular weight is 140 g/mol. The molecule has 0 aromatic carbocycles. The van der Waals surface area contributed by atoms with Gasteiger partial charge in [-0.05, 0) is 0 Å². The summed E-state index contributed by atoms with van der Waals surface area (Å²) < 4.78 is 0. The maximum atomic E-state index is 10.6. The van der Waals surface area contributed by atoms with E-state index in [0.717, 1.165) is 0 Å². The molecule has 0 fully saturated rings. The quantitative estimate of drug-likeness (QED) is 0.457. The van der Waals surface area contributed by atoms with Crippen LogP contribution >= 0.6 is 0 Å². The predicted octanol–water partition coefficient (Wildman–Crippen LogP) is -1.19. The molecule has 0 spiro atoms. The number of aromatic amines is 1. The van der Waals surface area contributed by atoms with E-state index < -0.39 is 5.69 Å². The summed E-state index contributed by atoms with van der Waals surface area (Å²) in [6.45, 7) is 0.266. The van der Waals surface area contributed by atoms with E-state index in [2.05, 4.69) is 9.97 Å². The zero-order valence-electron chi connectivity index (χ0n) is 5.29. The maximum Gasteiger partial charge on any atom is 0.347 e. The first-order chi connectivity index (χ1) is 4.72. The third-order valence-corrected chi connectivity index (χ3v) is 1.04. The third kappa shape index (κ3) is 1.32. The van der Waals surface area contributed by atoms with Gasteiger partial charge in [0, 0.05) is 18.3 Å². The van der Waals surface area contributed by atoms with Gasteiger partial charge in [0.15, 0.2) is 0 Å². The van der Waals surface area contributed by atoms with E-state index in [-0.39, 0.29) is 12.4 Å². The second-order valence-electron chi connectivity index (χ2n) is 1.84. The van der Waals surface area contributed by atoms with Gasteiger partial charge in [0.05, 0.1) is 0 Å². The van der Waals surface area contributed by atoms with Crippen LogP contribution in [0.5, 0.6) is 0 Å². The second kappa shape index (κ2) is 2.49. The Bertz CT molecular complexity index is 279. The van der Waals surface area contributed by atoms with Crippen molar-refractivity contribution in [1.29, 1.82) is 0 Å². The van der Waals surface area contributed by atoms with Gasteiger partial charge >= 0.3 is 5.69 Å². The van der Waals surface area contributed by atoms with E-state index in [9.17, 15) is 4.79 Å². The number of nitrogens with one attached hydrogen (secondary N) is 1. The van der Waals surface area contributed by atoms with Gasteiger partial charge in [-0.3, -0.25) is 0 Å². The summed E-state index contributed by atoms with van der Waals surface area (Å²) in [5.41, 5.74) is 10.6. The lowest BCUT2D eigenvalue weighted by molar-refractivity contribution is 0.936. The zero-order valence-corrected chi connectivity index (χ0v) is 5.29. The van der Waals surface area contributed by atoms with Gasteiger partial charge in [-0.25, -0.2) is 4.79 Å². The molecule has 1 heterocycles. The number of hydrogen-bond acceptors (Lipinski definition) is 4. The molecular weight excluding hydrogens is 132 g/mol. The van der Waals surface area contributed by atoms with Gasteiger partial charge in [0.25, 0.3) is 0 Å². The summed E-state index contributed by atoms with van der Waals surface area (Å²) >= 11 is 0. The number of hydrogen-bond donors (Lipinski definition) is 3. The SMILES string of the molecule is NCc1cc(N)nc(=O)[nH]1. The van der Waals surface area contributed by atoms with E-state index >= 15 is 0 Å². The standard InChI is InChI=1S/C5H8N4O/c6-2-3-1-4(7)9-5(10)8-3/h1H,2,6H2,(H3,7,8,9,10). The van der Waals surface area contributed by atoms with Crippen LogP contribution in [0.3, 0.4) is 0 Å². The first-order valence-corrected chi connectivity index (χ1v) is 2.78. The van der Waals surface area contributed by atoms with Gasteiger partial charge in [-0.15, -0.1) is 0 Å². The number of nitrogen functional groups attached to an aromatic ring is 1. The summed E-state index contributed by atoms with van der Waals surface area (Å²) in [6.07, 6.45) is 0. The van der Waals surface area contributed by atoms with Crippen molar-refractivity contribution >= 4 is 5.82 Å². The largest absolute Gasteiger partial charge is 0.383 e. The maximum absolute atomic E-state index is 10.6. The van der Waals surface area contributed by atoms with Crippen molar-refractivity contribution in [1.82, 2.24) is 9.97 Å². The van der Waals surface area contributed by atoms with Crippen molar-refractivity contribution in [3.05, 3.63) is 22.2 Å². The fraction of sp³-hybridized carbons (Fsp3) is 0.200. The summed E-state index contributed by atoms with van der Waals surface area (Å²) in [5, 5.41) is 0. The van der Waals surface area contributed by atoms with Crippen molar-refractivity contribution in [3.8, 4) is 0 Å². The molecule has 0 aliphatic carbocycles. The topological polar surface area (TPSA) is 97.8 Å². The molecule has 54 valence electrons. The molecule has 1 rings (SSSR count). The molecule has 0 bridgehead atoms. The van der Waals surface area contributed by atoms with Crippen LogP contribution in [0, 0.1) is 0 Å². The van der Waals surface area contributed by atoms with Crippen LogP contribution in [-0.2, 0) is 6.54 Å². The van der Waals surface area contributed by atoms with Crippen LogP contribution in [0.4, 0.5) is 5.82 Å². The number of anilines is 1. The van der Waals surface area contributed by atoms with E-state index in [1.807, 2.05) is 0 Å². The Morgan fingerprint density at radius 1 is 1.70 bits per heavy atom. The van der Waals surface area contributed by atoms with Gasteiger partial charge in [0.2, 0.25) is 0 Å². The Balaban J connectivity index is 3.19. The lowest BCUT2D eigenvalue weighted by Crippen LogP contribution is -2.16. The number of nitrogens with two attached hydrogens (primary N) is 2. The molecule has 5 heteroatoms. The molecule has 1 aromatic rings. The lowest BCUT2D eigenvalue weighted by atomic mass is 10.4. The van der Waals surface area contributed by atoms with Crippen molar-refractivity contribution in [2.75, 3.05) is 5.73 Å². The zero-order chi connectivity index (χ0) is 7.56. The monoisotopic (exact) mass is 140 g/mol. The number of nitrogens with zero attached hydrogens (tertiary/aromatic N) is 1. The van der Waals surface area contributed by atoms with Crippen LogP contribution in [0.1, 0.15) is 5.69 Å². The lowest BCUT2D eigenvalue weighted by Gasteiger charge is -1.95. The van der Waals surface area contributed by atoms with Crippen LogP contribution in [-0.4, -0.2) is 9.97 Å². The van der Waals surface area contributed by atoms with Crippen LogP contribution < -0.4 is 17.2 Å². The highest BCUT2D eigenvalue weighted by molar-refractivity contribution is 5.27. The highest BCUT2D eigenvalue weighted by Gasteiger charge is 1.92. The minimum atomic E-state index is -0.458. The Morgan fingerprint density at radius 2 is 2.40 bits per heavy atom. The molecule has 5 nitrogen and oxygen atoms in total. The summed E-state index contributed by atoms with van der Waals surface area (Å²) in [6, 6.07) is 1.53. The van der Waals surface area contributed by atoms with Crippen molar-refractivity contribution in [2.45, 2.75) is 6.54 Å². The smallest absolute Gasteiger partial charge is 0.347 e. The van der Waals surface area contributed by atoms with E-state index in [4.69, 9.17) is 11.5 Å². The Kier molecular flexibility index (Phi) is 1.68. The molecule has 10 heavy (non-hydrogen) atoms. The van der Waals surface area contributed by atoms with Gasteiger partial charge < -0.3 is 16.5 Å². The average Bonchev–Trinajstić information content (AvgIpc) is 1.85. The third-order valence-electron chi connectivity index (χ3n) is 1.04. The molecule has 0 radical (unpaired) electrons. The van der Waals surface area contributed by atoms with Gasteiger partial charge in [-0.2, -0.15) is 4.98 Å². The highest BCUT2D eigenvalue weighted by Crippen LogP contribution is 1.93. The molecule has 0 saturated carbocycles. The van der Waals surface area contributed by atoms with Crippen LogP contribution in [0.2, 0.25) is 0 Å². The Hall–Kier alpha value is -1.36. The predicted molar refractivity (Wildman–Crippen MR) is 37.2 cm³/mol. The second-order valence-corrected chi connectivity index (χ2v) is 1.84. The Labute approximate surface area is 57.1 Å². The normalized spacial score (nSPS) is 9.70. The molecule has 1 aromatic heterocycles. The van der Waals surface area contributed by atoms with Crippen molar-refractivity contribution in [3.63, 3.8) is 0 Å². The molecule has 0 aliphatic rings. The number of H-pyrrole nitrogens is 1. The first-order valence-electron chi connectivity index (χ1n) is 2.78. The summed E-state index contributed by atoms with van der Waals surface area (Å²) in [5.74, 6) is 0.198. The number of aromatic nitrogens is 2. The van der Waals surface area contributed by atoms with Crippen molar-refractivity contribution in [2.24, 2.45) is 5.73 Å². The first kappa shape index (κ1) is 6.76. The minimum Gasteiger partial charge on any atom is -0.383 e. The molecule has 5 N–H and O–H groups in total. The number of rotatable bonds is 1. The minimum absolute atomic E-state index is 0.198. The highest BCUT2D eigenvalue weighted by atomic mass is 16.1.